The van der Waals surface area contributed by atoms with Gasteiger partial charge in [-0.2, -0.15) is 0 Å². The summed E-state index contributed by atoms with van der Waals surface area (Å²) in [5.74, 6) is 0.204. The largest absolute Gasteiger partial charge is 0.462 e. The summed E-state index contributed by atoms with van der Waals surface area (Å²) in [5, 5.41) is 13.6. The fourth-order valence-electron chi connectivity index (χ4n) is 4.07. The quantitative estimate of drug-likeness (QED) is 0.195. The van der Waals surface area contributed by atoms with Crippen LogP contribution in [0.2, 0.25) is 10.0 Å². The van der Waals surface area contributed by atoms with Gasteiger partial charge in [-0.1, -0.05) is 41.4 Å². The highest BCUT2D eigenvalue weighted by Crippen LogP contribution is 2.38. The standard InChI is InChI=1S/C24H26Cl2N4O3S2/c1-3-30-21(14-10-11-16(25)17(26)12-14)28-29-24(30)34-13-19(31)27-22-20(23(32)33-4-2)15-8-6-5-7-9-18(15)35-22/h10-12H,3-9,13H2,1-2H3,(H,27,31). The molecule has 0 saturated carbocycles. The van der Waals surface area contributed by atoms with Crippen LogP contribution in [0.25, 0.3) is 11.4 Å². The number of benzene rings is 1. The summed E-state index contributed by atoms with van der Waals surface area (Å²) in [7, 11) is 0. The van der Waals surface area contributed by atoms with Crippen molar-refractivity contribution in [3.05, 3.63) is 44.2 Å². The summed E-state index contributed by atoms with van der Waals surface area (Å²) >= 11 is 15.0. The van der Waals surface area contributed by atoms with E-state index in [1.807, 2.05) is 17.6 Å². The van der Waals surface area contributed by atoms with E-state index in [-0.39, 0.29) is 17.6 Å². The molecule has 1 aromatic carbocycles. The van der Waals surface area contributed by atoms with Gasteiger partial charge in [0, 0.05) is 17.0 Å². The Morgan fingerprint density at radius 1 is 1.14 bits per heavy atom. The minimum Gasteiger partial charge on any atom is -0.462 e. The number of rotatable bonds is 8. The van der Waals surface area contributed by atoms with Crippen LogP contribution in [-0.4, -0.2) is 39.0 Å². The number of anilines is 1. The zero-order valence-corrected chi connectivity index (χ0v) is 22.7. The molecule has 0 spiro atoms. The second-order valence-corrected chi connectivity index (χ2v) is 10.9. The fourth-order valence-corrected chi connectivity index (χ4v) is 6.47. The second kappa shape index (κ2) is 11.8. The van der Waals surface area contributed by atoms with E-state index in [1.54, 1.807) is 19.1 Å². The Bertz CT molecular complexity index is 1240. The maximum absolute atomic E-state index is 12.9. The van der Waals surface area contributed by atoms with Crippen LogP contribution < -0.4 is 5.32 Å². The van der Waals surface area contributed by atoms with E-state index in [0.717, 1.165) is 43.2 Å². The molecular weight excluding hydrogens is 527 g/mol. The molecular formula is C24H26Cl2N4O3S2. The monoisotopic (exact) mass is 552 g/mol. The summed E-state index contributed by atoms with van der Waals surface area (Å²) in [6, 6.07) is 5.31. The first-order valence-corrected chi connectivity index (χ1v) is 14.1. The molecule has 0 bridgehead atoms. The molecule has 3 aromatic rings. The molecule has 0 atom stereocenters. The summed E-state index contributed by atoms with van der Waals surface area (Å²) in [5.41, 5.74) is 2.35. The van der Waals surface area contributed by atoms with Crippen molar-refractivity contribution in [3.63, 3.8) is 0 Å². The van der Waals surface area contributed by atoms with Crippen LogP contribution >= 0.6 is 46.3 Å². The van der Waals surface area contributed by atoms with E-state index in [2.05, 4.69) is 15.5 Å². The molecule has 35 heavy (non-hydrogen) atoms. The molecule has 0 fully saturated rings. The molecule has 0 saturated heterocycles. The number of hydrogen-bond donors (Lipinski definition) is 1. The lowest BCUT2D eigenvalue weighted by atomic mass is 10.1. The van der Waals surface area contributed by atoms with Crippen LogP contribution in [0.5, 0.6) is 0 Å². The first-order chi connectivity index (χ1) is 16.9. The van der Waals surface area contributed by atoms with Crippen LogP contribution in [-0.2, 0) is 28.9 Å². The Morgan fingerprint density at radius 3 is 2.69 bits per heavy atom. The highest BCUT2D eigenvalue weighted by Gasteiger charge is 2.27. The summed E-state index contributed by atoms with van der Waals surface area (Å²) in [4.78, 5) is 26.8. The van der Waals surface area contributed by atoms with Crippen molar-refractivity contribution in [2.24, 2.45) is 0 Å². The van der Waals surface area contributed by atoms with E-state index in [0.29, 0.717) is 44.7 Å². The number of amides is 1. The number of hydrogen-bond acceptors (Lipinski definition) is 7. The van der Waals surface area contributed by atoms with Gasteiger partial charge in [0.05, 0.1) is 28.0 Å². The zero-order valence-electron chi connectivity index (χ0n) is 19.5. The molecule has 2 heterocycles. The Balaban J connectivity index is 1.50. The molecule has 4 rings (SSSR count). The third-order valence-electron chi connectivity index (χ3n) is 5.70. The Morgan fingerprint density at radius 2 is 1.94 bits per heavy atom. The third-order valence-corrected chi connectivity index (χ3v) is 8.61. The molecule has 0 radical (unpaired) electrons. The summed E-state index contributed by atoms with van der Waals surface area (Å²) in [6.45, 7) is 4.69. The number of thioether (sulfide) groups is 1. The van der Waals surface area contributed by atoms with Gasteiger partial charge in [-0.25, -0.2) is 4.79 Å². The van der Waals surface area contributed by atoms with E-state index in [4.69, 9.17) is 27.9 Å². The fraction of sp³-hybridized carbons (Fsp3) is 0.417. The van der Waals surface area contributed by atoms with Gasteiger partial charge in [-0.15, -0.1) is 21.5 Å². The predicted molar refractivity (Wildman–Crippen MR) is 142 cm³/mol. The van der Waals surface area contributed by atoms with Crippen LogP contribution in [0.15, 0.2) is 23.4 Å². The van der Waals surface area contributed by atoms with E-state index >= 15 is 0 Å². The molecule has 1 N–H and O–H groups in total. The van der Waals surface area contributed by atoms with Gasteiger partial charge in [0.25, 0.3) is 0 Å². The Hall–Kier alpha value is -2.07. The number of halogens is 2. The molecule has 1 aliphatic carbocycles. The smallest absolute Gasteiger partial charge is 0.341 e. The molecule has 7 nitrogen and oxygen atoms in total. The first kappa shape index (κ1) is 26.0. The Kier molecular flexibility index (Phi) is 8.75. The van der Waals surface area contributed by atoms with Gasteiger partial charge < -0.3 is 14.6 Å². The van der Waals surface area contributed by atoms with Crippen LogP contribution in [0.4, 0.5) is 5.00 Å². The number of aryl methyl sites for hydroxylation is 1. The minimum absolute atomic E-state index is 0.129. The van der Waals surface area contributed by atoms with Crippen molar-refractivity contribution in [1.29, 1.82) is 0 Å². The van der Waals surface area contributed by atoms with Gasteiger partial charge in [0.1, 0.15) is 5.00 Å². The molecule has 1 aliphatic rings. The van der Waals surface area contributed by atoms with Crippen molar-refractivity contribution in [2.75, 3.05) is 17.7 Å². The normalized spacial score (nSPS) is 13.3. The summed E-state index contributed by atoms with van der Waals surface area (Å²) in [6.07, 6.45) is 5.03. The van der Waals surface area contributed by atoms with Crippen LogP contribution in [0.1, 0.15) is 53.9 Å². The molecule has 186 valence electrons. The SMILES string of the molecule is CCOC(=O)c1c(NC(=O)CSc2nnc(-c3ccc(Cl)c(Cl)c3)n2CC)sc2c1CCCCC2. The average molecular weight is 554 g/mol. The van der Waals surface area contributed by atoms with E-state index < -0.39 is 0 Å². The van der Waals surface area contributed by atoms with Crippen molar-refractivity contribution in [1.82, 2.24) is 14.8 Å². The number of aromatic nitrogens is 3. The summed E-state index contributed by atoms with van der Waals surface area (Å²) < 4.78 is 7.23. The molecule has 2 aromatic heterocycles. The number of carbonyl (C=O) groups excluding carboxylic acids is 2. The zero-order chi connectivity index (χ0) is 24.9. The second-order valence-electron chi connectivity index (χ2n) is 8.01. The highest BCUT2D eigenvalue weighted by atomic mass is 35.5. The number of thiophene rings is 1. The number of carbonyl (C=O) groups is 2. The number of nitrogens with one attached hydrogen (secondary N) is 1. The van der Waals surface area contributed by atoms with Crippen molar-refractivity contribution in [3.8, 4) is 11.4 Å². The van der Waals surface area contributed by atoms with Gasteiger partial charge in [0.2, 0.25) is 5.91 Å². The van der Waals surface area contributed by atoms with Crippen molar-refractivity contribution >= 4 is 63.2 Å². The first-order valence-electron chi connectivity index (χ1n) is 11.6. The number of nitrogens with zero attached hydrogens (tertiary/aromatic N) is 3. The molecule has 1 amide bonds. The maximum atomic E-state index is 12.9. The maximum Gasteiger partial charge on any atom is 0.341 e. The lowest BCUT2D eigenvalue weighted by molar-refractivity contribution is -0.113. The highest BCUT2D eigenvalue weighted by molar-refractivity contribution is 7.99. The number of ether oxygens (including phenoxy) is 1. The van der Waals surface area contributed by atoms with Crippen molar-refractivity contribution in [2.45, 2.75) is 57.7 Å². The van der Waals surface area contributed by atoms with E-state index in [9.17, 15) is 9.59 Å². The van der Waals surface area contributed by atoms with Gasteiger partial charge in [-0.3, -0.25) is 4.79 Å². The lowest BCUT2D eigenvalue weighted by Gasteiger charge is -2.09. The van der Waals surface area contributed by atoms with Crippen LogP contribution in [0.3, 0.4) is 0 Å². The lowest BCUT2D eigenvalue weighted by Crippen LogP contribution is -2.17. The van der Waals surface area contributed by atoms with Crippen molar-refractivity contribution < 1.29 is 14.3 Å². The van der Waals surface area contributed by atoms with Gasteiger partial charge >= 0.3 is 5.97 Å². The minimum atomic E-state index is -0.369. The van der Waals surface area contributed by atoms with Gasteiger partial charge in [-0.05, 0) is 63.3 Å². The third kappa shape index (κ3) is 5.85. The van der Waals surface area contributed by atoms with Gasteiger partial charge in [0.15, 0.2) is 11.0 Å². The number of esters is 1. The van der Waals surface area contributed by atoms with E-state index in [1.165, 1.54) is 28.0 Å². The predicted octanol–water partition coefficient (Wildman–Crippen LogP) is 6.51. The Labute approximate surface area is 222 Å². The number of fused-ring (bicyclic) bond motifs is 1. The molecule has 0 aliphatic heterocycles. The molecule has 11 heteroatoms. The molecule has 0 unspecified atom stereocenters. The topological polar surface area (TPSA) is 86.1 Å². The average Bonchev–Trinajstić information content (AvgIpc) is 3.32. The van der Waals surface area contributed by atoms with Crippen LogP contribution in [0, 0.1) is 0 Å².